The Morgan fingerprint density at radius 2 is 2.07 bits per heavy atom. The summed E-state index contributed by atoms with van der Waals surface area (Å²) < 4.78 is 18.7. The summed E-state index contributed by atoms with van der Waals surface area (Å²) in [6.45, 7) is 1.90. The Bertz CT molecular complexity index is 1010. The van der Waals surface area contributed by atoms with Gasteiger partial charge in [-0.1, -0.05) is 12.1 Å². The molecule has 0 aliphatic rings. The molecular formula is C21H16FN3O2. The molecule has 27 heavy (non-hydrogen) atoms. The van der Waals surface area contributed by atoms with Crippen molar-refractivity contribution in [2.24, 2.45) is 0 Å². The number of aromatic nitrogens is 1. The van der Waals surface area contributed by atoms with Crippen LogP contribution < -0.4 is 10.1 Å². The van der Waals surface area contributed by atoms with E-state index in [2.05, 4.69) is 16.4 Å². The molecule has 0 saturated carbocycles. The number of nitrogens with zero attached hydrogens (tertiary/aromatic N) is 2. The fraction of sp³-hybridized carbons (Fsp3) is 0.0952. The van der Waals surface area contributed by atoms with Crippen LogP contribution in [0.4, 0.5) is 10.1 Å². The minimum Gasteiger partial charge on any atom is -0.439 e. The Morgan fingerprint density at radius 3 is 2.74 bits per heavy atom. The van der Waals surface area contributed by atoms with E-state index in [4.69, 9.17) is 10.00 Å². The Balaban J connectivity index is 1.69. The number of halogens is 1. The van der Waals surface area contributed by atoms with Crippen LogP contribution in [0.1, 0.15) is 28.4 Å². The van der Waals surface area contributed by atoms with E-state index in [1.54, 1.807) is 42.6 Å². The molecular weight excluding hydrogens is 345 g/mol. The molecule has 0 radical (unpaired) electrons. The van der Waals surface area contributed by atoms with Crippen LogP contribution in [0.15, 0.2) is 60.8 Å². The van der Waals surface area contributed by atoms with Crippen LogP contribution in [0.3, 0.4) is 0 Å². The molecule has 6 heteroatoms. The first-order valence-electron chi connectivity index (χ1n) is 8.22. The zero-order chi connectivity index (χ0) is 19.2. The van der Waals surface area contributed by atoms with Crippen molar-refractivity contribution >= 4 is 11.5 Å². The summed E-state index contributed by atoms with van der Waals surface area (Å²) in [5, 5.41) is 12.2. The first-order chi connectivity index (χ1) is 13.0. The first kappa shape index (κ1) is 18.1. The molecule has 0 aliphatic heterocycles. The van der Waals surface area contributed by atoms with Gasteiger partial charge in [0.25, 0.3) is 0 Å². The lowest BCUT2D eigenvalue weighted by atomic mass is 10.1. The molecule has 134 valence electrons. The third-order valence-corrected chi connectivity index (χ3v) is 3.83. The molecule has 3 rings (SSSR count). The number of Topliss-reactive ketones (excluding diaryl/α,β-unsaturated/α-hetero) is 1. The lowest BCUT2D eigenvalue weighted by molar-refractivity contribution is 0.101. The van der Waals surface area contributed by atoms with E-state index >= 15 is 0 Å². The molecule has 0 saturated heterocycles. The van der Waals surface area contributed by atoms with Crippen molar-refractivity contribution in [3.63, 3.8) is 0 Å². The predicted octanol–water partition coefficient (Wildman–Crippen LogP) is 4.70. The highest BCUT2D eigenvalue weighted by molar-refractivity contribution is 5.99. The molecule has 0 spiro atoms. The number of ether oxygens (including phenoxy) is 1. The van der Waals surface area contributed by atoms with E-state index in [9.17, 15) is 9.18 Å². The Kier molecular flexibility index (Phi) is 5.43. The SMILES string of the molecule is CC(=O)c1ccc(C#N)cc1NCc1ccc(Oc2cccc(F)c2)nc1. The van der Waals surface area contributed by atoms with E-state index in [0.717, 1.165) is 5.56 Å². The zero-order valence-electron chi connectivity index (χ0n) is 14.6. The average molecular weight is 361 g/mol. The van der Waals surface area contributed by atoms with Crippen molar-refractivity contribution in [3.8, 4) is 17.7 Å². The molecule has 3 aromatic rings. The molecule has 1 heterocycles. The molecule has 0 bridgehead atoms. The maximum Gasteiger partial charge on any atom is 0.219 e. The van der Waals surface area contributed by atoms with Crippen molar-refractivity contribution in [1.29, 1.82) is 5.26 Å². The third-order valence-electron chi connectivity index (χ3n) is 3.83. The van der Waals surface area contributed by atoms with Crippen LogP contribution >= 0.6 is 0 Å². The van der Waals surface area contributed by atoms with Crippen LogP contribution in [-0.4, -0.2) is 10.8 Å². The van der Waals surface area contributed by atoms with Crippen LogP contribution in [0.5, 0.6) is 11.6 Å². The largest absolute Gasteiger partial charge is 0.439 e. The highest BCUT2D eigenvalue weighted by Crippen LogP contribution is 2.22. The van der Waals surface area contributed by atoms with Crippen LogP contribution in [0.2, 0.25) is 0 Å². The van der Waals surface area contributed by atoms with E-state index in [1.165, 1.54) is 19.1 Å². The highest BCUT2D eigenvalue weighted by Gasteiger charge is 2.08. The second-order valence-electron chi connectivity index (χ2n) is 5.85. The number of carbonyl (C=O) groups excluding carboxylic acids is 1. The summed E-state index contributed by atoms with van der Waals surface area (Å²) >= 11 is 0. The summed E-state index contributed by atoms with van der Waals surface area (Å²) in [6.07, 6.45) is 1.63. The van der Waals surface area contributed by atoms with Gasteiger partial charge in [0.1, 0.15) is 11.6 Å². The molecule has 2 aromatic carbocycles. The number of carbonyl (C=O) groups is 1. The molecule has 0 unspecified atom stereocenters. The Labute approximate surface area is 156 Å². The number of pyridine rings is 1. The average Bonchev–Trinajstić information content (AvgIpc) is 2.67. The summed E-state index contributed by atoms with van der Waals surface area (Å²) in [4.78, 5) is 15.9. The van der Waals surface area contributed by atoms with Gasteiger partial charge >= 0.3 is 0 Å². The second kappa shape index (κ2) is 8.11. The van der Waals surface area contributed by atoms with Crippen molar-refractivity contribution in [2.45, 2.75) is 13.5 Å². The summed E-state index contributed by atoms with van der Waals surface area (Å²) in [5.41, 5.74) is 2.45. The van der Waals surface area contributed by atoms with E-state index < -0.39 is 0 Å². The number of benzene rings is 2. The van der Waals surface area contributed by atoms with Crippen LogP contribution in [0, 0.1) is 17.1 Å². The van der Waals surface area contributed by atoms with Gasteiger partial charge in [0.2, 0.25) is 5.88 Å². The maximum atomic E-state index is 13.2. The maximum absolute atomic E-state index is 13.2. The third kappa shape index (κ3) is 4.67. The lowest BCUT2D eigenvalue weighted by Crippen LogP contribution is -2.05. The lowest BCUT2D eigenvalue weighted by Gasteiger charge is -2.11. The molecule has 1 aromatic heterocycles. The van der Waals surface area contributed by atoms with Gasteiger partial charge in [0.05, 0.1) is 11.6 Å². The first-order valence-corrected chi connectivity index (χ1v) is 8.22. The van der Waals surface area contributed by atoms with Gasteiger partial charge in [-0.2, -0.15) is 5.26 Å². The van der Waals surface area contributed by atoms with E-state index in [-0.39, 0.29) is 11.6 Å². The van der Waals surface area contributed by atoms with Crippen molar-refractivity contribution in [3.05, 3.63) is 83.3 Å². The van der Waals surface area contributed by atoms with Crippen LogP contribution in [-0.2, 0) is 6.54 Å². The smallest absolute Gasteiger partial charge is 0.219 e. The number of hydrogen-bond donors (Lipinski definition) is 1. The van der Waals surface area contributed by atoms with Crippen molar-refractivity contribution in [1.82, 2.24) is 4.98 Å². The molecule has 0 atom stereocenters. The monoisotopic (exact) mass is 361 g/mol. The minimum atomic E-state index is -0.380. The number of nitriles is 1. The van der Waals surface area contributed by atoms with Crippen molar-refractivity contribution < 1.29 is 13.9 Å². The van der Waals surface area contributed by atoms with Gasteiger partial charge in [-0.25, -0.2) is 9.37 Å². The Hall–Kier alpha value is -3.72. The van der Waals surface area contributed by atoms with Crippen molar-refractivity contribution in [2.75, 3.05) is 5.32 Å². The molecule has 0 amide bonds. The van der Waals surface area contributed by atoms with Gasteiger partial charge in [-0.3, -0.25) is 4.79 Å². The standard InChI is InChI=1S/C21H16FN3O2/c1-14(26)19-7-5-15(11-23)9-20(19)24-12-16-6-8-21(25-13-16)27-18-4-2-3-17(22)10-18/h2-10,13,24H,12H2,1H3. The molecule has 5 nitrogen and oxygen atoms in total. The molecule has 0 fully saturated rings. The zero-order valence-corrected chi connectivity index (χ0v) is 14.6. The number of ketones is 1. The normalized spacial score (nSPS) is 10.1. The van der Waals surface area contributed by atoms with Gasteiger partial charge in [-0.15, -0.1) is 0 Å². The van der Waals surface area contributed by atoms with Crippen LogP contribution in [0.25, 0.3) is 0 Å². The molecule has 0 aliphatic carbocycles. The fourth-order valence-corrected chi connectivity index (χ4v) is 2.49. The summed E-state index contributed by atoms with van der Waals surface area (Å²) in [7, 11) is 0. The van der Waals surface area contributed by atoms with Gasteiger partial charge in [-0.05, 0) is 42.8 Å². The van der Waals surface area contributed by atoms with E-state index in [0.29, 0.717) is 35.0 Å². The topological polar surface area (TPSA) is 75.0 Å². The second-order valence-corrected chi connectivity index (χ2v) is 5.85. The van der Waals surface area contributed by atoms with Gasteiger partial charge < -0.3 is 10.1 Å². The number of anilines is 1. The highest BCUT2D eigenvalue weighted by atomic mass is 19.1. The van der Waals surface area contributed by atoms with E-state index in [1.807, 2.05) is 6.07 Å². The fourth-order valence-electron chi connectivity index (χ4n) is 2.49. The predicted molar refractivity (Wildman–Crippen MR) is 99.2 cm³/mol. The minimum absolute atomic E-state index is 0.0843. The summed E-state index contributed by atoms with van der Waals surface area (Å²) in [5.74, 6) is 0.251. The quantitative estimate of drug-likeness (QED) is 0.644. The number of rotatable bonds is 6. The molecule has 1 N–H and O–H groups in total. The Morgan fingerprint density at radius 1 is 1.22 bits per heavy atom. The number of hydrogen-bond acceptors (Lipinski definition) is 5. The number of nitrogens with one attached hydrogen (secondary N) is 1. The summed E-state index contributed by atoms with van der Waals surface area (Å²) in [6, 6.07) is 16.3. The van der Waals surface area contributed by atoms with Gasteiger partial charge in [0, 0.05) is 36.1 Å². The van der Waals surface area contributed by atoms with Gasteiger partial charge in [0.15, 0.2) is 5.78 Å².